The van der Waals surface area contributed by atoms with Crippen LogP contribution in [0.2, 0.25) is 0 Å². The molecule has 1 saturated heterocycles. The van der Waals surface area contributed by atoms with Gasteiger partial charge < -0.3 is 0 Å². The lowest BCUT2D eigenvalue weighted by atomic mass is 10.0. The summed E-state index contributed by atoms with van der Waals surface area (Å²) in [6.07, 6.45) is 3.62. The van der Waals surface area contributed by atoms with Gasteiger partial charge in [-0.15, -0.1) is 0 Å². The van der Waals surface area contributed by atoms with Crippen molar-refractivity contribution < 1.29 is 8.78 Å². The molecule has 0 bridgehead atoms. The number of likely N-dealkylation sites (tertiary alicyclic amines) is 1. The molecule has 1 nitrogen and oxygen atoms in total. The zero-order valence-corrected chi connectivity index (χ0v) is 11.2. The predicted molar refractivity (Wildman–Crippen MR) is 68.2 cm³/mol. The highest BCUT2D eigenvalue weighted by atomic mass is 79.9. The third kappa shape index (κ3) is 3.26. The molecule has 0 spiro atoms. The lowest BCUT2D eigenvalue weighted by molar-refractivity contribution is 0.156. The van der Waals surface area contributed by atoms with Gasteiger partial charge >= 0.3 is 0 Å². The monoisotopic (exact) mass is 303 g/mol. The number of rotatable bonds is 3. The fraction of sp³-hybridized carbons (Fsp3) is 0.538. The average molecular weight is 304 g/mol. The Hall–Kier alpha value is -0.480. The van der Waals surface area contributed by atoms with Crippen LogP contribution in [0.15, 0.2) is 18.2 Å². The largest absolute Gasteiger partial charge is 0.295 e. The van der Waals surface area contributed by atoms with Crippen molar-refractivity contribution in [1.29, 1.82) is 0 Å². The van der Waals surface area contributed by atoms with Crippen molar-refractivity contribution in [3.63, 3.8) is 0 Å². The molecule has 1 aliphatic heterocycles. The third-order valence-corrected chi connectivity index (χ3v) is 4.04. The first-order valence-corrected chi connectivity index (χ1v) is 7.07. The van der Waals surface area contributed by atoms with Crippen LogP contribution in [0.3, 0.4) is 0 Å². The van der Waals surface area contributed by atoms with Gasteiger partial charge in [0.05, 0.1) is 0 Å². The van der Waals surface area contributed by atoms with Crippen molar-refractivity contribution >= 4 is 15.9 Å². The molecular weight excluding hydrogens is 288 g/mol. The number of halogens is 3. The van der Waals surface area contributed by atoms with Crippen LogP contribution in [0.1, 0.15) is 24.8 Å². The van der Waals surface area contributed by atoms with E-state index in [1.807, 2.05) is 0 Å². The second-order valence-corrected chi connectivity index (χ2v) is 5.17. The average Bonchev–Trinajstić information content (AvgIpc) is 2.34. The van der Waals surface area contributed by atoms with Crippen LogP contribution in [-0.4, -0.2) is 22.8 Å². The van der Waals surface area contributed by atoms with Gasteiger partial charge in [-0.25, -0.2) is 8.78 Å². The molecule has 2 rings (SSSR count). The number of alkyl halides is 1. The summed E-state index contributed by atoms with van der Waals surface area (Å²) in [4.78, 5) is 2.34. The summed E-state index contributed by atoms with van der Waals surface area (Å²) in [6, 6.07) is 4.68. The standard InChI is InChI=1S/C13H16BrF2N/c14-8-11-3-1-2-6-17(11)9-10-4-5-12(15)13(16)7-10/h4-5,7,11H,1-3,6,8-9H2. The van der Waals surface area contributed by atoms with E-state index < -0.39 is 11.6 Å². The Balaban J connectivity index is 2.05. The predicted octanol–water partition coefficient (Wildman–Crippen LogP) is 3.71. The van der Waals surface area contributed by atoms with Crippen LogP contribution in [0.25, 0.3) is 0 Å². The van der Waals surface area contributed by atoms with Crippen molar-refractivity contribution in [2.75, 3.05) is 11.9 Å². The number of hydrogen-bond donors (Lipinski definition) is 0. The molecule has 1 aliphatic rings. The summed E-state index contributed by atoms with van der Waals surface area (Å²) in [5.41, 5.74) is 0.844. The smallest absolute Gasteiger partial charge is 0.159 e. The van der Waals surface area contributed by atoms with E-state index in [0.717, 1.165) is 17.4 Å². The number of nitrogens with zero attached hydrogens (tertiary/aromatic N) is 1. The zero-order chi connectivity index (χ0) is 12.3. The van der Waals surface area contributed by atoms with E-state index >= 15 is 0 Å². The summed E-state index contributed by atoms with van der Waals surface area (Å²) >= 11 is 3.52. The van der Waals surface area contributed by atoms with Crippen molar-refractivity contribution in [2.24, 2.45) is 0 Å². The molecule has 1 aromatic rings. The van der Waals surface area contributed by atoms with Crippen LogP contribution < -0.4 is 0 Å². The minimum Gasteiger partial charge on any atom is -0.295 e. The van der Waals surface area contributed by atoms with Crippen molar-refractivity contribution in [2.45, 2.75) is 31.8 Å². The van der Waals surface area contributed by atoms with Crippen LogP contribution >= 0.6 is 15.9 Å². The number of piperidine rings is 1. The van der Waals surface area contributed by atoms with Gasteiger partial charge in [0.1, 0.15) is 0 Å². The van der Waals surface area contributed by atoms with Crippen molar-refractivity contribution in [3.05, 3.63) is 35.4 Å². The first-order valence-electron chi connectivity index (χ1n) is 5.94. The molecule has 1 aromatic carbocycles. The highest BCUT2D eigenvalue weighted by molar-refractivity contribution is 9.09. The first kappa shape index (κ1) is 13.0. The summed E-state index contributed by atoms with van der Waals surface area (Å²) in [5, 5.41) is 0.941. The topological polar surface area (TPSA) is 3.24 Å². The van der Waals surface area contributed by atoms with E-state index in [2.05, 4.69) is 20.8 Å². The summed E-state index contributed by atoms with van der Waals surface area (Å²) in [7, 11) is 0. The summed E-state index contributed by atoms with van der Waals surface area (Å²) < 4.78 is 25.9. The SMILES string of the molecule is Fc1ccc(CN2CCCCC2CBr)cc1F. The lowest BCUT2D eigenvalue weighted by Crippen LogP contribution is -2.39. The van der Waals surface area contributed by atoms with Crippen molar-refractivity contribution in [1.82, 2.24) is 4.90 Å². The summed E-state index contributed by atoms with van der Waals surface area (Å²) in [6.45, 7) is 1.74. The second kappa shape index (κ2) is 5.91. The van der Waals surface area contributed by atoms with Gasteiger partial charge in [-0.1, -0.05) is 28.4 Å². The van der Waals surface area contributed by atoms with E-state index in [0.29, 0.717) is 12.6 Å². The van der Waals surface area contributed by atoms with Gasteiger partial charge in [0.25, 0.3) is 0 Å². The van der Waals surface area contributed by atoms with Gasteiger partial charge in [-0.2, -0.15) is 0 Å². The van der Waals surface area contributed by atoms with E-state index in [1.54, 1.807) is 6.07 Å². The fourth-order valence-electron chi connectivity index (χ4n) is 2.32. The molecule has 4 heteroatoms. The van der Waals surface area contributed by atoms with E-state index in [9.17, 15) is 8.78 Å². The van der Waals surface area contributed by atoms with E-state index in [1.165, 1.54) is 31.4 Å². The van der Waals surface area contributed by atoms with Crippen LogP contribution in [0.5, 0.6) is 0 Å². The minimum atomic E-state index is -0.774. The van der Waals surface area contributed by atoms with E-state index in [4.69, 9.17) is 0 Å². The molecule has 0 aliphatic carbocycles. The molecule has 0 aromatic heterocycles. The van der Waals surface area contributed by atoms with Crippen LogP contribution in [-0.2, 0) is 6.54 Å². The Morgan fingerprint density at radius 1 is 1.24 bits per heavy atom. The first-order chi connectivity index (χ1) is 8.20. The molecule has 1 fully saturated rings. The number of hydrogen-bond acceptors (Lipinski definition) is 1. The molecule has 0 saturated carbocycles. The Morgan fingerprint density at radius 3 is 2.76 bits per heavy atom. The van der Waals surface area contributed by atoms with Gasteiger partial charge in [0, 0.05) is 17.9 Å². The Morgan fingerprint density at radius 2 is 2.06 bits per heavy atom. The zero-order valence-electron chi connectivity index (χ0n) is 9.63. The molecule has 0 radical (unpaired) electrons. The Kier molecular flexibility index (Phi) is 4.51. The van der Waals surface area contributed by atoms with Crippen LogP contribution in [0, 0.1) is 11.6 Å². The molecule has 1 atom stereocenters. The molecule has 1 heterocycles. The number of benzene rings is 1. The quantitative estimate of drug-likeness (QED) is 0.769. The normalized spacial score (nSPS) is 21.7. The van der Waals surface area contributed by atoms with Gasteiger partial charge in [-0.3, -0.25) is 4.90 Å². The third-order valence-electron chi connectivity index (χ3n) is 3.30. The molecule has 0 N–H and O–H groups in total. The second-order valence-electron chi connectivity index (χ2n) is 4.52. The maximum atomic E-state index is 13.1. The maximum absolute atomic E-state index is 13.1. The molecular formula is C13H16BrF2N. The van der Waals surface area contributed by atoms with Gasteiger partial charge in [0.15, 0.2) is 11.6 Å². The molecule has 0 amide bonds. The highest BCUT2D eigenvalue weighted by Crippen LogP contribution is 2.21. The van der Waals surface area contributed by atoms with Crippen LogP contribution in [0.4, 0.5) is 8.78 Å². The van der Waals surface area contributed by atoms with Gasteiger partial charge in [0.2, 0.25) is 0 Å². The van der Waals surface area contributed by atoms with E-state index in [-0.39, 0.29) is 0 Å². The van der Waals surface area contributed by atoms with Gasteiger partial charge in [-0.05, 0) is 37.1 Å². The molecule has 17 heavy (non-hydrogen) atoms. The molecule has 1 unspecified atom stereocenters. The fourth-order valence-corrected chi connectivity index (χ4v) is 3.05. The Bertz CT molecular complexity index is 384. The Labute approximate surface area is 109 Å². The highest BCUT2D eigenvalue weighted by Gasteiger charge is 2.21. The minimum absolute atomic E-state index is 0.511. The summed E-state index contributed by atoms with van der Waals surface area (Å²) in [5.74, 6) is -1.53. The van der Waals surface area contributed by atoms with Crippen molar-refractivity contribution in [3.8, 4) is 0 Å². The lowest BCUT2D eigenvalue weighted by Gasteiger charge is -2.34. The maximum Gasteiger partial charge on any atom is 0.159 e. The molecule has 94 valence electrons.